The van der Waals surface area contributed by atoms with E-state index in [1.54, 1.807) is 6.07 Å². The van der Waals surface area contributed by atoms with Crippen LogP contribution in [-0.2, 0) is 0 Å². The van der Waals surface area contributed by atoms with Gasteiger partial charge in [-0.1, -0.05) is 75.7 Å². The summed E-state index contributed by atoms with van der Waals surface area (Å²) in [6.07, 6.45) is 25.7. The van der Waals surface area contributed by atoms with Crippen molar-refractivity contribution in [2.45, 2.75) is 95.8 Å². The van der Waals surface area contributed by atoms with E-state index in [0.717, 1.165) is 42.6 Å². The molecule has 0 spiro atoms. The lowest BCUT2D eigenvalue weighted by molar-refractivity contribution is 0.244. The van der Waals surface area contributed by atoms with Crippen molar-refractivity contribution in [1.82, 2.24) is 0 Å². The van der Waals surface area contributed by atoms with Crippen molar-refractivity contribution in [2.75, 3.05) is 0 Å². The third-order valence-electron chi connectivity index (χ3n) is 7.86. The number of hydrogen-bond donors (Lipinski definition) is 0. The molecule has 0 bridgehead atoms. The van der Waals surface area contributed by atoms with Gasteiger partial charge >= 0.3 is 0 Å². The second-order valence-electron chi connectivity index (χ2n) is 10.1. The van der Waals surface area contributed by atoms with Crippen LogP contribution >= 0.6 is 0 Å². The average molecular weight is 440 g/mol. The Morgan fingerprint density at radius 2 is 1.38 bits per heavy atom. The van der Waals surface area contributed by atoms with Crippen LogP contribution in [0.25, 0.3) is 0 Å². The molecule has 0 radical (unpaired) electrons. The summed E-state index contributed by atoms with van der Waals surface area (Å²) >= 11 is 0. The fraction of sp³-hybridized carbons (Fsp3) is 0.621. The third-order valence-corrected chi connectivity index (χ3v) is 7.86. The highest BCUT2D eigenvalue weighted by Gasteiger charge is 2.24. The molecule has 3 rings (SSSR count). The first-order valence-corrected chi connectivity index (χ1v) is 12.8. The zero-order chi connectivity index (χ0) is 22.6. The van der Waals surface area contributed by atoms with Crippen molar-refractivity contribution in [3.05, 3.63) is 59.7 Å². The first kappa shape index (κ1) is 24.7. The number of rotatable bonds is 10. The van der Waals surface area contributed by atoms with Crippen molar-refractivity contribution < 1.29 is 8.78 Å². The molecule has 2 aliphatic carbocycles. The van der Waals surface area contributed by atoms with Crippen molar-refractivity contribution in [1.29, 1.82) is 5.26 Å². The van der Waals surface area contributed by atoms with Crippen LogP contribution in [0.2, 0.25) is 0 Å². The summed E-state index contributed by atoms with van der Waals surface area (Å²) < 4.78 is 26.7. The van der Waals surface area contributed by atoms with E-state index in [9.17, 15) is 8.78 Å². The van der Waals surface area contributed by atoms with E-state index in [1.807, 2.05) is 18.2 Å². The van der Waals surface area contributed by atoms with Crippen LogP contribution in [0.4, 0.5) is 8.78 Å². The molecule has 1 nitrogen and oxygen atoms in total. The van der Waals surface area contributed by atoms with E-state index in [1.165, 1.54) is 88.8 Å². The van der Waals surface area contributed by atoms with Gasteiger partial charge in [-0.3, -0.25) is 0 Å². The second kappa shape index (κ2) is 13.6. The molecule has 0 saturated heterocycles. The first-order chi connectivity index (χ1) is 15.7. The van der Waals surface area contributed by atoms with Gasteiger partial charge in [0.15, 0.2) is 11.6 Å². The van der Waals surface area contributed by atoms with E-state index in [-0.39, 0.29) is 0 Å². The minimum Gasteiger partial charge on any atom is -0.204 e. The fourth-order valence-electron chi connectivity index (χ4n) is 5.83. The lowest BCUT2D eigenvalue weighted by Gasteiger charge is -2.30. The van der Waals surface area contributed by atoms with Crippen LogP contribution in [0.5, 0.6) is 0 Å². The number of nitriles is 1. The van der Waals surface area contributed by atoms with E-state index >= 15 is 0 Å². The number of halogens is 2. The number of allylic oxidation sites excluding steroid dienone is 4. The molecule has 174 valence electrons. The molecule has 1 aromatic rings. The molecular formula is C29H39F2N. The van der Waals surface area contributed by atoms with Gasteiger partial charge in [-0.15, -0.1) is 0 Å². The van der Waals surface area contributed by atoms with Crippen LogP contribution in [0.15, 0.2) is 42.5 Å². The van der Waals surface area contributed by atoms with E-state index < -0.39 is 11.6 Å². The zero-order valence-electron chi connectivity index (χ0n) is 19.5. The Hall–Kier alpha value is -1.95. The summed E-state index contributed by atoms with van der Waals surface area (Å²) in [7, 11) is 0. The monoisotopic (exact) mass is 439 g/mol. The van der Waals surface area contributed by atoms with Crippen LogP contribution in [0.1, 0.15) is 101 Å². The largest absolute Gasteiger partial charge is 0.204 e. The van der Waals surface area contributed by atoms with Gasteiger partial charge in [-0.2, -0.15) is 5.26 Å². The Morgan fingerprint density at radius 1 is 0.781 bits per heavy atom. The summed E-state index contributed by atoms with van der Waals surface area (Å²) in [5.74, 6) is 1.60. The molecule has 1 aromatic carbocycles. The highest BCUT2D eigenvalue weighted by Crippen LogP contribution is 2.39. The van der Waals surface area contributed by atoms with Gasteiger partial charge in [-0.05, 0) is 79.9 Å². The third kappa shape index (κ3) is 8.19. The summed E-state index contributed by atoms with van der Waals surface area (Å²) in [5, 5.41) is 8.47. The summed E-state index contributed by atoms with van der Waals surface area (Å²) in [5.41, 5.74) is 0.977. The number of hydrogen-bond acceptors (Lipinski definition) is 1. The maximum absolute atomic E-state index is 13.5. The van der Waals surface area contributed by atoms with Gasteiger partial charge in [0.1, 0.15) is 0 Å². The minimum absolute atomic E-state index is 0.404. The number of unbranched alkanes of at least 4 members (excludes halogenated alkanes) is 1. The summed E-state index contributed by atoms with van der Waals surface area (Å²) in [6, 6.07) is 6.46. The molecular weight excluding hydrogens is 400 g/mol. The average Bonchev–Trinajstić information content (AvgIpc) is 2.82. The Kier molecular flexibility index (Phi) is 10.5. The van der Waals surface area contributed by atoms with Crippen molar-refractivity contribution in [3.8, 4) is 6.07 Å². The van der Waals surface area contributed by atoms with E-state index in [4.69, 9.17) is 5.26 Å². The minimum atomic E-state index is -0.742. The van der Waals surface area contributed by atoms with E-state index in [0.29, 0.717) is 5.92 Å². The first-order valence-electron chi connectivity index (χ1n) is 12.8. The predicted molar refractivity (Wildman–Crippen MR) is 128 cm³/mol. The predicted octanol–water partition coefficient (Wildman–Crippen LogP) is 9.02. The zero-order valence-corrected chi connectivity index (χ0v) is 19.5. The van der Waals surface area contributed by atoms with Crippen LogP contribution < -0.4 is 0 Å². The lowest BCUT2D eigenvalue weighted by atomic mass is 9.76. The molecule has 2 saturated carbocycles. The van der Waals surface area contributed by atoms with Gasteiger partial charge in [0, 0.05) is 6.08 Å². The van der Waals surface area contributed by atoms with Crippen LogP contribution in [0.3, 0.4) is 0 Å². The molecule has 0 N–H and O–H groups in total. The summed E-state index contributed by atoms with van der Waals surface area (Å²) in [6.45, 7) is 0. The Bertz CT molecular complexity index is 775. The lowest BCUT2D eigenvalue weighted by Crippen LogP contribution is -2.15. The quantitative estimate of drug-likeness (QED) is 0.203. The molecule has 0 amide bonds. The molecule has 0 atom stereocenters. The molecule has 0 aromatic heterocycles. The highest BCUT2D eigenvalue weighted by atomic mass is 19.2. The number of nitrogens with zero attached hydrogens (tertiary/aromatic N) is 1. The van der Waals surface area contributed by atoms with Gasteiger partial charge in [0.05, 0.1) is 6.07 Å². The van der Waals surface area contributed by atoms with Crippen molar-refractivity contribution >= 4 is 0 Å². The SMILES string of the molecule is N#CC=CC=CCCC1CCC(CCCCC2CCC(c3ccc(F)c(F)c3)CC2)CC1. The molecule has 0 heterocycles. The molecule has 3 heteroatoms. The van der Waals surface area contributed by atoms with Gasteiger partial charge in [0.2, 0.25) is 0 Å². The van der Waals surface area contributed by atoms with Gasteiger partial charge in [-0.25, -0.2) is 8.78 Å². The van der Waals surface area contributed by atoms with Gasteiger partial charge in [0.25, 0.3) is 0 Å². The topological polar surface area (TPSA) is 23.8 Å². The van der Waals surface area contributed by atoms with Crippen LogP contribution in [0, 0.1) is 40.7 Å². The molecule has 0 unspecified atom stereocenters. The van der Waals surface area contributed by atoms with Crippen molar-refractivity contribution in [2.24, 2.45) is 17.8 Å². The smallest absolute Gasteiger partial charge is 0.159 e. The van der Waals surface area contributed by atoms with Gasteiger partial charge < -0.3 is 0 Å². The molecule has 2 fully saturated rings. The summed E-state index contributed by atoms with van der Waals surface area (Å²) in [4.78, 5) is 0. The maximum Gasteiger partial charge on any atom is 0.159 e. The number of benzene rings is 1. The second-order valence-corrected chi connectivity index (χ2v) is 10.1. The highest BCUT2D eigenvalue weighted by molar-refractivity contribution is 5.22. The normalized spacial score (nSPS) is 26.5. The Balaban J connectivity index is 1.22. The van der Waals surface area contributed by atoms with E-state index in [2.05, 4.69) is 6.08 Å². The van der Waals surface area contributed by atoms with Crippen LogP contribution in [-0.4, -0.2) is 0 Å². The fourth-order valence-corrected chi connectivity index (χ4v) is 5.83. The Morgan fingerprint density at radius 3 is 1.97 bits per heavy atom. The standard InChI is InChI=1S/C29H39F2N/c30-28-20-19-27(22-29(28)31)26-17-15-25(16-18-26)10-6-5-9-24-13-11-23(12-14-24)8-4-2-1-3-7-21-32/h1-3,7,19-20,22-26H,4-6,8-18H2. The molecule has 2 aliphatic rings. The molecule has 0 aliphatic heterocycles. The van der Waals surface area contributed by atoms with Crippen molar-refractivity contribution in [3.63, 3.8) is 0 Å². The maximum atomic E-state index is 13.5. The Labute approximate surface area is 193 Å². The molecule has 32 heavy (non-hydrogen) atoms.